The number of rotatable bonds is 0. The summed E-state index contributed by atoms with van der Waals surface area (Å²) in [5, 5.41) is -0.164. The Balaban J connectivity index is 3.13. The molecule has 0 aliphatic heterocycles. The van der Waals surface area contributed by atoms with E-state index < -0.39 is 0 Å². The molecule has 0 saturated carbocycles. The molecule has 1 aromatic rings. The number of hydrogen-bond acceptors (Lipinski definition) is 1. The average Bonchev–Trinajstić information content (AvgIpc) is 2.08. The summed E-state index contributed by atoms with van der Waals surface area (Å²) in [5.74, 6) is 0. The summed E-state index contributed by atoms with van der Waals surface area (Å²) in [6, 6.07) is 1.70. The smallest absolute Gasteiger partial charge is 0.181 e. The summed E-state index contributed by atoms with van der Waals surface area (Å²) in [6.45, 7) is 5.90. The first-order valence-corrected chi connectivity index (χ1v) is 4.56. The molecule has 1 rings (SSSR count). The van der Waals surface area contributed by atoms with Crippen LogP contribution in [0.4, 0.5) is 4.39 Å². The summed E-state index contributed by atoms with van der Waals surface area (Å²) in [7, 11) is 0. The lowest BCUT2D eigenvalue weighted by Gasteiger charge is -2.16. The molecule has 0 amide bonds. The van der Waals surface area contributed by atoms with Gasteiger partial charge in [-0.3, -0.25) is 0 Å². The summed E-state index contributed by atoms with van der Waals surface area (Å²) >= 11 is 6.65. The van der Waals surface area contributed by atoms with E-state index in [1.54, 1.807) is 6.07 Å². The minimum Gasteiger partial charge on any atom is -0.195 e. The molecular formula is C8H10ClFS. The zero-order valence-corrected chi connectivity index (χ0v) is 8.31. The van der Waals surface area contributed by atoms with E-state index in [2.05, 4.69) is 0 Å². The van der Waals surface area contributed by atoms with Crippen LogP contribution in [0.3, 0.4) is 0 Å². The van der Waals surface area contributed by atoms with Gasteiger partial charge >= 0.3 is 0 Å². The molecule has 0 N–H and O–H groups in total. The van der Waals surface area contributed by atoms with Crippen LogP contribution in [-0.4, -0.2) is 0 Å². The van der Waals surface area contributed by atoms with Crippen LogP contribution >= 0.6 is 22.9 Å². The van der Waals surface area contributed by atoms with Crippen molar-refractivity contribution in [3.8, 4) is 0 Å². The molecule has 0 unspecified atom stereocenters. The Morgan fingerprint density at radius 2 is 2.00 bits per heavy atom. The third-order valence-electron chi connectivity index (χ3n) is 1.46. The van der Waals surface area contributed by atoms with Crippen molar-refractivity contribution in [3.63, 3.8) is 0 Å². The van der Waals surface area contributed by atoms with Crippen molar-refractivity contribution in [2.24, 2.45) is 0 Å². The lowest BCUT2D eigenvalue weighted by Crippen LogP contribution is -2.11. The van der Waals surface area contributed by atoms with E-state index in [0.29, 0.717) is 9.90 Å². The van der Waals surface area contributed by atoms with E-state index in [1.807, 2.05) is 20.8 Å². The van der Waals surface area contributed by atoms with Gasteiger partial charge in [-0.05, 0) is 11.5 Å². The second-order valence-corrected chi connectivity index (χ2v) is 5.12. The summed E-state index contributed by atoms with van der Waals surface area (Å²) < 4.78 is 13.6. The highest BCUT2D eigenvalue weighted by Gasteiger charge is 2.20. The largest absolute Gasteiger partial charge is 0.195 e. The van der Waals surface area contributed by atoms with Gasteiger partial charge in [-0.25, -0.2) is 0 Å². The van der Waals surface area contributed by atoms with Gasteiger partial charge in [-0.1, -0.05) is 43.7 Å². The topological polar surface area (TPSA) is 0 Å². The summed E-state index contributed by atoms with van der Waals surface area (Å²) in [4.78, 5) is 0. The predicted octanol–water partition coefficient (Wildman–Crippen LogP) is 3.84. The normalized spacial score (nSPS) is 12.1. The van der Waals surface area contributed by atoms with E-state index in [9.17, 15) is 4.39 Å². The number of halogens is 2. The summed E-state index contributed by atoms with van der Waals surface area (Å²) in [5.41, 5.74) is 0.556. The van der Waals surface area contributed by atoms with Crippen molar-refractivity contribution in [1.29, 1.82) is 0 Å². The molecule has 1 aromatic heterocycles. The van der Waals surface area contributed by atoms with Gasteiger partial charge in [0.2, 0.25) is 0 Å². The molecule has 1 heterocycles. The fourth-order valence-electron chi connectivity index (χ4n) is 0.852. The lowest BCUT2D eigenvalue weighted by molar-refractivity contribution is 0.539. The first kappa shape index (κ1) is 9.01. The monoisotopic (exact) mass is 192 g/mol. The fraction of sp³-hybridized carbons (Fsp3) is 0.500. The molecule has 62 valence electrons. The van der Waals surface area contributed by atoms with Crippen LogP contribution in [0.2, 0.25) is 4.34 Å². The minimum absolute atomic E-state index is 0.145. The van der Waals surface area contributed by atoms with E-state index in [4.69, 9.17) is 11.6 Å². The van der Waals surface area contributed by atoms with E-state index in [-0.39, 0.29) is 10.5 Å². The Morgan fingerprint density at radius 1 is 1.45 bits per heavy atom. The molecule has 0 saturated heterocycles. The lowest BCUT2D eigenvalue weighted by atomic mass is 9.89. The van der Waals surface area contributed by atoms with Gasteiger partial charge in [-0.15, -0.1) is 0 Å². The van der Waals surface area contributed by atoms with Gasteiger partial charge in [0.15, 0.2) is 5.13 Å². The highest BCUT2D eigenvalue weighted by Crippen LogP contribution is 2.33. The molecule has 0 aromatic carbocycles. The van der Waals surface area contributed by atoms with Crippen LogP contribution in [0.25, 0.3) is 0 Å². The molecule has 0 fully saturated rings. The molecule has 11 heavy (non-hydrogen) atoms. The Kier molecular flexibility index (Phi) is 2.26. The van der Waals surface area contributed by atoms with Crippen molar-refractivity contribution in [1.82, 2.24) is 0 Å². The third kappa shape index (κ3) is 1.94. The molecular weight excluding hydrogens is 183 g/mol. The zero-order valence-electron chi connectivity index (χ0n) is 6.74. The van der Waals surface area contributed by atoms with Crippen LogP contribution in [0.1, 0.15) is 26.3 Å². The predicted molar refractivity (Wildman–Crippen MR) is 48.0 cm³/mol. The maximum atomic E-state index is 13.0. The molecule has 0 aliphatic rings. The van der Waals surface area contributed by atoms with Gasteiger partial charge in [0.05, 0.1) is 4.34 Å². The van der Waals surface area contributed by atoms with Crippen molar-refractivity contribution in [2.45, 2.75) is 26.2 Å². The van der Waals surface area contributed by atoms with Crippen molar-refractivity contribution in [3.05, 3.63) is 21.1 Å². The fourth-order valence-corrected chi connectivity index (χ4v) is 1.99. The molecule has 0 aliphatic carbocycles. The molecule has 0 nitrogen and oxygen atoms in total. The van der Waals surface area contributed by atoms with Crippen molar-refractivity contribution in [2.75, 3.05) is 0 Å². The Bertz CT molecular complexity index is 260. The first-order valence-electron chi connectivity index (χ1n) is 3.36. The summed E-state index contributed by atoms with van der Waals surface area (Å²) in [6.07, 6.45) is 0. The highest BCUT2D eigenvalue weighted by molar-refractivity contribution is 7.14. The van der Waals surface area contributed by atoms with E-state index >= 15 is 0 Å². The first-order chi connectivity index (χ1) is 4.91. The van der Waals surface area contributed by atoms with Crippen LogP contribution in [-0.2, 0) is 5.41 Å². The minimum atomic E-state index is -0.164. The number of thiophene rings is 1. The standard InChI is InChI=1S/C8H10ClFS/c1-8(2,3)5-4-6(9)11-7(5)10/h4H,1-3H3. The molecule has 0 radical (unpaired) electrons. The second-order valence-electron chi connectivity index (χ2n) is 3.49. The van der Waals surface area contributed by atoms with E-state index in [0.717, 1.165) is 11.3 Å². The SMILES string of the molecule is CC(C)(C)c1cc(Cl)sc1F. The Morgan fingerprint density at radius 3 is 2.18 bits per heavy atom. The average molecular weight is 193 g/mol. The van der Waals surface area contributed by atoms with Gasteiger partial charge < -0.3 is 0 Å². The maximum absolute atomic E-state index is 13.0. The highest BCUT2D eigenvalue weighted by atomic mass is 35.5. The van der Waals surface area contributed by atoms with E-state index in [1.165, 1.54) is 0 Å². The Hall–Kier alpha value is -0.0800. The quantitative estimate of drug-likeness (QED) is 0.586. The molecule has 0 bridgehead atoms. The van der Waals surface area contributed by atoms with Crippen LogP contribution in [0.15, 0.2) is 6.07 Å². The molecule has 0 atom stereocenters. The van der Waals surface area contributed by atoms with Crippen LogP contribution in [0, 0.1) is 5.13 Å². The number of hydrogen-bond donors (Lipinski definition) is 0. The maximum Gasteiger partial charge on any atom is 0.181 e. The van der Waals surface area contributed by atoms with Gasteiger partial charge in [0, 0.05) is 5.56 Å². The second kappa shape index (κ2) is 2.76. The Labute approximate surface area is 75.0 Å². The molecule has 0 spiro atoms. The van der Waals surface area contributed by atoms with Crippen LogP contribution < -0.4 is 0 Å². The van der Waals surface area contributed by atoms with Gasteiger partial charge in [-0.2, -0.15) is 4.39 Å². The van der Waals surface area contributed by atoms with Gasteiger partial charge in [0.25, 0.3) is 0 Å². The molecule has 3 heteroatoms. The zero-order chi connectivity index (χ0) is 8.65. The van der Waals surface area contributed by atoms with Crippen molar-refractivity contribution < 1.29 is 4.39 Å². The van der Waals surface area contributed by atoms with Crippen molar-refractivity contribution >= 4 is 22.9 Å². The van der Waals surface area contributed by atoms with Gasteiger partial charge in [0.1, 0.15) is 0 Å². The third-order valence-corrected chi connectivity index (χ3v) is 2.52. The van der Waals surface area contributed by atoms with Crippen LogP contribution in [0.5, 0.6) is 0 Å².